The third-order valence-corrected chi connectivity index (χ3v) is 2.57. The van der Waals surface area contributed by atoms with Gasteiger partial charge in [0.15, 0.2) is 0 Å². The first-order chi connectivity index (χ1) is 7.89. The molecule has 0 saturated carbocycles. The molecule has 17 heavy (non-hydrogen) atoms. The molecule has 0 heterocycles. The number of ether oxygens (including phenoxy) is 1. The number of carbonyl (C=O) groups excluding carboxylic acids is 1. The van der Waals surface area contributed by atoms with Gasteiger partial charge < -0.3 is 10.5 Å². The molecule has 4 heteroatoms. The molecule has 1 rings (SSSR count). The van der Waals surface area contributed by atoms with Crippen molar-refractivity contribution in [2.24, 2.45) is 5.73 Å². The zero-order valence-electron chi connectivity index (χ0n) is 10.4. The summed E-state index contributed by atoms with van der Waals surface area (Å²) >= 11 is 0. The molecule has 0 aromatic heterocycles. The van der Waals surface area contributed by atoms with E-state index in [4.69, 9.17) is 18.3 Å². The van der Waals surface area contributed by atoms with Crippen LogP contribution in [0.15, 0.2) is 24.3 Å². The summed E-state index contributed by atoms with van der Waals surface area (Å²) in [4.78, 5) is 10.7. The minimum absolute atomic E-state index is 0.247. The molecule has 0 aliphatic carbocycles. The third-order valence-electron chi connectivity index (χ3n) is 2.57. The van der Waals surface area contributed by atoms with Gasteiger partial charge in [-0.25, -0.2) is 0 Å². The number of benzene rings is 1. The SMILES string of the molecule is [B]c1ccc(CCC(C)(N)COC(C)=O)cc1. The van der Waals surface area contributed by atoms with Gasteiger partial charge in [0.2, 0.25) is 0 Å². The number of carbonyl (C=O) groups is 1. The van der Waals surface area contributed by atoms with Crippen LogP contribution in [-0.2, 0) is 16.0 Å². The zero-order valence-corrected chi connectivity index (χ0v) is 10.4. The number of nitrogens with two attached hydrogens (primary N) is 1. The predicted molar refractivity (Wildman–Crippen MR) is 69.4 cm³/mol. The molecule has 0 spiro atoms. The number of rotatable bonds is 5. The maximum atomic E-state index is 10.7. The first-order valence-corrected chi connectivity index (χ1v) is 5.66. The Hall–Kier alpha value is -1.29. The molecular weight excluding hydrogens is 213 g/mol. The van der Waals surface area contributed by atoms with E-state index >= 15 is 0 Å². The lowest BCUT2D eigenvalue weighted by atomic mass is 9.92. The summed E-state index contributed by atoms with van der Waals surface area (Å²) in [6.45, 7) is 3.51. The molecule has 1 aromatic carbocycles. The summed E-state index contributed by atoms with van der Waals surface area (Å²) in [5.41, 5.74) is 7.48. The molecule has 1 aromatic rings. The Kier molecular flexibility index (Phi) is 4.76. The predicted octanol–water partition coefficient (Wildman–Crippen LogP) is 0.693. The largest absolute Gasteiger partial charge is 0.464 e. The Morgan fingerprint density at radius 1 is 1.41 bits per heavy atom. The van der Waals surface area contributed by atoms with E-state index < -0.39 is 5.54 Å². The van der Waals surface area contributed by atoms with Crippen molar-refractivity contribution in [3.8, 4) is 0 Å². The monoisotopic (exact) mass is 231 g/mol. The van der Waals surface area contributed by atoms with Crippen molar-refractivity contribution in [3.05, 3.63) is 29.8 Å². The van der Waals surface area contributed by atoms with Crippen LogP contribution in [0.25, 0.3) is 0 Å². The molecule has 2 radical (unpaired) electrons. The van der Waals surface area contributed by atoms with E-state index in [9.17, 15) is 4.79 Å². The quantitative estimate of drug-likeness (QED) is 0.599. The lowest BCUT2D eigenvalue weighted by molar-refractivity contribution is -0.142. The summed E-state index contributed by atoms with van der Waals surface area (Å²) in [5, 5.41) is 0. The van der Waals surface area contributed by atoms with E-state index in [0.29, 0.717) is 0 Å². The van der Waals surface area contributed by atoms with Crippen LogP contribution in [0.1, 0.15) is 25.8 Å². The Morgan fingerprint density at radius 2 is 2.00 bits per heavy atom. The second-order valence-corrected chi connectivity index (χ2v) is 4.68. The Balaban J connectivity index is 2.43. The van der Waals surface area contributed by atoms with Gasteiger partial charge in [-0.2, -0.15) is 0 Å². The van der Waals surface area contributed by atoms with Gasteiger partial charge in [-0.05, 0) is 25.3 Å². The molecule has 0 aliphatic rings. The number of hydrogen-bond acceptors (Lipinski definition) is 3. The van der Waals surface area contributed by atoms with E-state index in [1.54, 1.807) is 0 Å². The first kappa shape index (κ1) is 13.8. The first-order valence-electron chi connectivity index (χ1n) is 5.66. The molecule has 2 N–H and O–H groups in total. The van der Waals surface area contributed by atoms with E-state index in [1.807, 2.05) is 31.2 Å². The summed E-state index contributed by atoms with van der Waals surface area (Å²) in [5.74, 6) is -0.297. The fourth-order valence-electron chi connectivity index (χ4n) is 1.45. The molecule has 90 valence electrons. The van der Waals surface area contributed by atoms with Crippen LogP contribution < -0.4 is 11.2 Å². The van der Waals surface area contributed by atoms with Crippen LogP contribution in [0.3, 0.4) is 0 Å². The second-order valence-electron chi connectivity index (χ2n) is 4.68. The Bertz CT molecular complexity index is 374. The minimum Gasteiger partial charge on any atom is -0.464 e. The number of hydrogen-bond donors (Lipinski definition) is 1. The van der Waals surface area contributed by atoms with E-state index in [-0.39, 0.29) is 12.6 Å². The van der Waals surface area contributed by atoms with E-state index in [0.717, 1.165) is 18.3 Å². The van der Waals surface area contributed by atoms with Crippen LogP contribution >= 0.6 is 0 Å². The number of esters is 1. The van der Waals surface area contributed by atoms with Crippen LogP contribution in [0.4, 0.5) is 0 Å². The van der Waals surface area contributed by atoms with Gasteiger partial charge in [-0.1, -0.05) is 29.7 Å². The average Bonchev–Trinajstić information content (AvgIpc) is 2.26. The lowest BCUT2D eigenvalue weighted by Gasteiger charge is -2.23. The van der Waals surface area contributed by atoms with Crippen LogP contribution in [0.2, 0.25) is 0 Å². The van der Waals surface area contributed by atoms with Crippen molar-refractivity contribution in [1.29, 1.82) is 0 Å². The summed E-state index contributed by atoms with van der Waals surface area (Å²) in [7, 11) is 5.61. The van der Waals surface area contributed by atoms with Gasteiger partial charge in [0, 0.05) is 12.5 Å². The molecule has 1 atom stereocenters. The Morgan fingerprint density at radius 3 is 2.53 bits per heavy atom. The van der Waals surface area contributed by atoms with Crippen LogP contribution in [0.5, 0.6) is 0 Å². The smallest absolute Gasteiger partial charge is 0.302 e. The van der Waals surface area contributed by atoms with Gasteiger partial charge in [0.05, 0.1) is 0 Å². The minimum atomic E-state index is -0.493. The maximum Gasteiger partial charge on any atom is 0.302 e. The van der Waals surface area contributed by atoms with Gasteiger partial charge in [0.1, 0.15) is 14.5 Å². The van der Waals surface area contributed by atoms with E-state index in [1.165, 1.54) is 12.5 Å². The highest BCUT2D eigenvalue weighted by Gasteiger charge is 2.19. The molecular formula is C13H18BNO2. The standard InChI is InChI=1S/C13H18BNO2/c1-10(16)17-9-13(2,15)8-7-11-3-5-12(14)6-4-11/h3-6H,7-9,15H2,1-2H3. The van der Waals surface area contributed by atoms with Gasteiger partial charge in [-0.15, -0.1) is 0 Å². The number of aryl methyl sites for hydroxylation is 1. The molecule has 1 unspecified atom stereocenters. The van der Waals surface area contributed by atoms with Crippen LogP contribution in [-0.4, -0.2) is 26.0 Å². The Labute approximate surface area is 104 Å². The fourth-order valence-corrected chi connectivity index (χ4v) is 1.45. The summed E-state index contributed by atoms with van der Waals surface area (Å²) in [6.07, 6.45) is 1.60. The molecule has 0 fully saturated rings. The molecule has 0 amide bonds. The molecule has 0 aliphatic heterocycles. The summed E-state index contributed by atoms with van der Waals surface area (Å²) < 4.78 is 4.93. The van der Waals surface area contributed by atoms with Crippen molar-refractivity contribution in [1.82, 2.24) is 0 Å². The second kappa shape index (κ2) is 5.87. The van der Waals surface area contributed by atoms with Gasteiger partial charge in [-0.3, -0.25) is 4.79 Å². The highest BCUT2D eigenvalue weighted by Crippen LogP contribution is 2.11. The maximum absolute atomic E-state index is 10.7. The average molecular weight is 231 g/mol. The van der Waals surface area contributed by atoms with Crippen molar-refractivity contribution >= 4 is 19.3 Å². The van der Waals surface area contributed by atoms with Crippen molar-refractivity contribution in [3.63, 3.8) is 0 Å². The molecule has 0 bridgehead atoms. The van der Waals surface area contributed by atoms with Crippen LogP contribution in [0, 0.1) is 0 Å². The van der Waals surface area contributed by atoms with Crippen molar-refractivity contribution in [2.75, 3.05) is 6.61 Å². The highest BCUT2D eigenvalue weighted by molar-refractivity contribution is 6.32. The van der Waals surface area contributed by atoms with E-state index in [2.05, 4.69) is 0 Å². The summed E-state index contributed by atoms with van der Waals surface area (Å²) in [6, 6.07) is 7.71. The molecule has 3 nitrogen and oxygen atoms in total. The zero-order chi connectivity index (χ0) is 12.9. The molecule has 0 saturated heterocycles. The van der Waals surface area contributed by atoms with Crippen molar-refractivity contribution in [2.45, 2.75) is 32.2 Å². The van der Waals surface area contributed by atoms with Gasteiger partial charge in [0.25, 0.3) is 0 Å². The lowest BCUT2D eigenvalue weighted by Crippen LogP contribution is -2.42. The van der Waals surface area contributed by atoms with Crippen molar-refractivity contribution < 1.29 is 9.53 Å². The van der Waals surface area contributed by atoms with Gasteiger partial charge >= 0.3 is 5.97 Å². The fraction of sp³-hybridized carbons (Fsp3) is 0.462. The third kappa shape index (κ3) is 5.54. The highest BCUT2D eigenvalue weighted by atomic mass is 16.5. The normalized spacial score (nSPS) is 14.1. The topological polar surface area (TPSA) is 52.3 Å².